The third kappa shape index (κ3) is 3.96. The smallest absolute Gasteiger partial charge is 0.317 e. The molecule has 0 spiro atoms. The highest BCUT2D eigenvalue weighted by Gasteiger charge is 2.26. The zero-order valence-electron chi connectivity index (χ0n) is 10.6. The average molecular weight is 240 g/mol. The summed E-state index contributed by atoms with van der Waals surface area (Å²) in [5.41, 5.74) is 0. The number of carbonyl (C=O) groups is 1. The van der Waals surface area contributed by atoms with Gasteiger partial charge in [0, 0.05) is 12.6 Å². The lowest BCUT2D eigenvalue weighted by molar-refractivity contribution is -0.138. The molecule has 0 radical (unpaired) electrons. The predicted octanol–water partition coefficient (Wildman–Crippen LogP) is 1.41. The summed E-state index contributed by atoms with van der Waals surface area (Å²) in [5, 5.41) is 8.85. The van der Waals surface area contributed by atoms with Crippen molar-refractivity contribution < 1.29 is 9.90 Å². The first kappa shape index (κ1) is 12.8. The Labute approximate surface area is 104 Å². The molecule has 0 aromatic carbocycles. The van der Waals surface area contributed by atoms with Gasteiger partial charge in [-0.25, -0.2) is 0 Å². The Bertz CT molecular complexity index is 250. The molecule has 2 aliphatic rings. The molecule has 98 valence electrons. The van der Waals surface area contributed by atoms with Gasteiger partial charge in [0.15, 0.2) is 0 Å². The third-order valence-electron chi connectivity index (χ3n) is 4.00. The number of nitrogens with zero attached hydrogens (tertiary/aromatic N) is 2. The van der Waals surface area contributed by atoms with Crippen LogP contribution in [-0.2, 0) is 4.79 Å². The van der Waals surface area contributed by atoms with Crippen molar-refractivity contribution in [3.63, 3.8) is 0 Å². The fourth-order valence-electron chi connectivity index (χ4n) is 3.12. The van der Waals surface area contributed by atoms with E-state index in [9.17, 15) is 4.79 Å². The number of piperidine rings is 1. The molecule has 2 fully saturated rings. The van der Waals surface area contributed by atoms with Crippen LogP contribution in [-0.4, -0.2) is 59.6 Å². The summed E-state index contributed by atoms with van der Waals surface area (Å²) in [7, 11) is 0. The summed E-state index contributed by atoms with van der Waals surface area (Å²) in [6.45, 7) is 4.55. The number of aliphatic carboxylic acids is 1. The van der Waals surface area contributed by atoms with Crippen LogP contribution in [0.5, 0.6) is 0 Å². The molecule has 1 unspecified atom stereocenters. The molecule has 17 heavy (non-hydrogen) atoms. The minimum atomic E-state index is -0.693. The Morgan fingerprint density at radius 2 is 1.76 bits per heavy atom. The van der Waals surface area contributed by atoms with E-state index in [-0.39, 0.29) is 6.54 Å². The highest BCUT2D eigenvalue weighted by Crippen LogP contribution is 2.19. The highest BCUT2D eigenvalue weighted by atomic mass is 16.4. The van der Waals surface area contributed by atoms with E-state index >= 15 is 0 Å². The van der Waals surface area contributed by atoms with Crippen molar-refractivity contribution in [3.05, 3.63) is 0 Å². The molecule has 1 N–H and O–H groups in total. The van der Waals surface area contributed by atoms with Gasteiger partial charge in [-0.1, -0.05) is 12.8 Å². The molecule has 4 heteroatoms. The van der Waals surface area contributed by atoms with Crippen LogP contribution < -0.4 is 0 Å². The molecule has 2 rings (SSSR count). The van der Waals surface area contributed by atoms with Crippen molar-refractivity contribution in [3.8, 4) is 0 Å². The summed E-state index contributed by atoms with van der Waals surface area (Å²) in [4.78, 5) is 15.4. The van der Waals surface area contributed by atoms with E-state index in [1.165, 1.54) is 45.2 Å². The molecule has 0 aromatic rings. The minimum absolute atomic E-state index is 0.213. The van der Waals surface area contributed by atoms with E-state index < -0.39 is 5.97 Å². The lowest BCUT2D eigenvalue weighted by atomic mass is 10.0. The van der Waals surface area contributed by atoms with E-state index in [2.05, 4.69) is 9.80 Å². The number of carboxylic acids is 1. The summed E-state index contributed by atoms with van der Waals surface area (Å²) in [6.07, 6.45) is 7.75. The van der Waals surface area contributed by atoms with Crippen LogP contribution in [0.3, 0.4) is 0 Å². The number of rotatable bonds is 3. The molecule has 2 saturated heterocycles. The van der Waals surface area contributed by atoms with Crippen LogP contribution in [0.25, 0.3) is 0 Å². The summed E-state index contributed by atoms with van der Waals surface area (Å²) in [5.74, 6) is -0.693. The predicted molar refractivity (Wildman–Crippen MR) is 67.1 cm³/mol. The fourth-order valence-corrected chi connectivity index (χ4v) is 3.12. The van der Waals surface area contributed by atoms with Gasteiger partial charge in [0.05, 0.1) is 6.54 Å². The second-order valence-corrected chi connectivity index (χ2v) is 5.38. The molecular formula is C13H24N2O2. The second kappa shape index (κ2) is 6.36. The minimum Gasteiger partial charge on any atom is -0.480 e. The molecule has 0 aliphatic carbocycles. The molecule has 1 atom stereocenters. The van der Waals surface area contributed by atoms with E-state index in [0.29, 0.717) is 6.04 Å². The van der Waals surface area contributed by atoms with E-state index in [1.807, 2.05) is 0 Å². The first-order valence-corrected chi connectivity index (χ1v) is 6.94. The Kier molecular flexibility index (Phi) is 4.80. The van der Waals surface area contributed by atoms with Gasteiger partial charge in [0.25, 0.3) is 0 Å². The molecule has 0 aromatic heterocycles. The van der Waals surface area contributed by atoms with Gasteiger partial charge >= 0.3 is 5.97 Å². The van der Waals surface area contributed by atoms with Crippen LogP contribution in [0, 0.1) is 0 Å². The van der Waals surface area contributed by atoms with Gasteiger partial charge in [-0.2, -0.15) is 0 Å². The van der Waals surface area contributed by atoms with Crippen LogP contribution in [0.1, 0.15) is 38.5 Å². The molecule has 0 saturated carbocycles. The van der Waals surface area contributed by atoms with Crippen molar-refractivity contribution in [1.82, 2.24) is 9.80 Å². The van der Waals surface area contributed by atoms with Crippen molar-refractivity contribution in [1.29, 1.82) is 0 Å². The van der Waals surface area contributed by atoms with Gasteiger partial charge in [-0.05, 0) is 45.3 Å². The van der Waals surface area contributed by atoms with Gasteiger partial charge in [0.1, 0.15) is 0 Å². The van der Waals surface area contributed by atoms with Gasteiger partial charge < -0.3 is 5.11 Å². The largest absolute Gasteiger partial charge is 0.480 e. The zero-order chi connectivity index (χ0) is 12.1. The van der Waals surface area contributed by atoms with E-state index in [0.717, 1.165) is 19.5 Å². The van der Waals surface area contributed by atoms with Crippen LogP contribution in [0.2, 0.25) is 0 Å². The molecule has 0 amide bonds. The third-order valence-corrected chi connectivity index (χ3v) is 4.00. The summed E-state index contributed by atoms with van der Waals surface area (Å²) >= 11 is 0. The molecule has 4 nitrogen and oxygen atoms in total. The lowest BCUT2D eigenvalue weighted by Gasteiger charge is -2.38. The maximum atomic E-state index is 10.8. The Balaban J connectivity index is 1.84. The van der Waals surface area contributed by atoms with E-state index in [4.69, 9.17) is 5.11 Å². The van der Waals surface area contributed by atoms with Crippen molar-refractivity contribution in [2.24, 2.45) is 0 Å². The van der Waals surface area contributed by atoms with Gasteiger partial charge in [-0.15, -0.1) is 0 Å². The zero-order valence-corrected chi connectivity index (χ0v) is 10.6. The normalized spacial score (nSPS) is 28.8. The molecule has 2 heterocycles. The summed E-state index contributed by atoms with van der Waals surface area (Å²) < 4.78 is 0. The molecular weight excluding hydrogens is 216 g/mol. The molecule has 0 bridgehead atoms. The van der Waals surface area contributed by atoms with Crippen LogP contribution in [0.15, 0.2) is 0 Å². The standard InChI is InChI=1S/C13H24N2O2/c16-13(17)11-14-7-5-6-12(10-14)15-8-3-1-2-4-9-15/h12H,1-11H2,(H,16,17). The first-order chi connectivity index (χ1) is 8.25. The van der Waals surface area contributed by atoms with Crippen LogP contribution >= 0.6 is 0 Å². The Morgan fingerprint density at radius 1 is 1.06 bits per heavy atom. The van der Waals surface area contributed by atoms with Gasteiger partial charge in [-0.3, -0.25) is 14.6 Å². The van der Waals surface area contributed by atoms with Gasteiger partial charge in [0.2, 0.25) is 0 Å². The Hall–Kier alpha value is -0.610. The number of hydrogen-bond acceptors (Lipinski definition) is 3. The quantitative estimate of drug-likeness (QED) is 0.810. The maximum Gasteiger partial charge on any atom is 0.317 e. The number of carboxylic acid groups (broad SMARTS) is 1. The van der Waals surface area contributed by atoms with Crippen molar-refractivity contribution in [2.45, 2.75) is 44.6 Å². The average Bonchev–Trinajstić information content (AvgIpc) is 2.57. The lowest BCUT2D eigenvalue weighted by Crippen LogP contribution is -2.49. The van der Waals surface area contributed by atoms with Crippen LogP contribution in [0.4, 0.5) is 0 Å². The molecule has 2 aliphatic heterocycles. The SMILES string of the molecule is O=C(O)CN1CCCC(N2CCCCCC2)C1. The van der Waals surface area contributed by atoms with Crippen molar-refractivity contribution in [2.75, 3.05) is 32.7 Å². The topological polar surface area (TPSA) is 43.8 Å². The second-order valence-electron chi connectivity index (χ2n) is 5.38. The first-order valence-electron chi connectivity index (χ1n) is 6.94. The van der Waals surface area contributed by atoms with Crippen molar-refractivity contribution >= 4 is 5.97 Å². The maximum absolute atomic E-state index is 10.8. The number of likely N-dealkylation sites (tertiary alicyclic amines) is 2. The Morgan fingerprint density at radius 3 is 2.41 bits per heavy atom. The monoisotopic (exact) mass is 240 g/mol. The summed E-state index contributed by atoms with van der Waals surface area (Å²) in [6, 6.07) is 0.598. The highest BCUT2D eigenvalue weighted by molar-refractivity contribution is 5.69. The van der Waals surface area contributed by atoms with E-state index in [1.54, 1.807) is 0 Å². The fraction of sp³-hybridized carbons (Fsp3) is 0.923. The number of hydrogen-bond donors (Lipinski definition) is 1.